The number of fused-ring (bicyclic) bond motifs is 3. The molecule has 0 saturated carbocycles. The van der Waals surface area contributed by atoms with Crippen molar-refractivity contribution in [2.45, 2.75) is 52.4 Å². The molecule has 0 heteroatoms. The van der Waals surface area contributed by atoms with Crippen LogP contribution in [0.25, 0.3) is 32.7 Å². The molecule has 0 unspecified atom stereocenters. The van der Waals surface area contributed by atoms with E-state index in [2.05, 4.69) is 114 Å². The summed E-state index contributed by atoms with van der Waals surface area (Å²) < 4.78 is 0. The summed E-state index contributed by atoms with van der Waals surface area (Å²) in [6, 6.07) is 27.3. The van der Waals surface area contributed by atoms with Crippen molar-refractivity contribution >= 4 is 21.5 Å². The zero-order chi connectivity index (χ0) is 20.1. The molecule has 0 aliphatic heterocycles. The van der Waals surface area contributed by atoms with E-state index in [0.717, 1.165) is 0 Å². The highest BCUT2D eigenvalue weighted by Crippen LogP contribution is 2.33. The summed E-state index contributed by atoms with van der Waals surface area (Å²) in [5, 5.41) is 5.28. The number of rotatable bonds is 1. The van der Waals surface area contributed by atoms with Crippen LogP contribution in [0.1, 0.15) is 52.7 Å². The molecule has 0 bridgehead atoms. The van der Waals surface area contributed by atoms with Gasteiger partial charge in [0, 0.05) is 0 Å². The smallest absolute Gasteiger partial charge is 0.0105 e. The second-order valence-corrected chi connectivity index (χ2v) is 10.0. The molecular formula is C28H30. The molecule has 28 heavy (non-hydrogen) atoms. The van der Waals surface area contributed by atoms with Crippen LogP contribution in [0.15, 0.2) is 72.8 Å². The molecule has 0 aliphatic carbocycles. The Morgan fingerprint density at radius 1 is 0.429 bits per heavy atom. The highest BCUT2D eigenvalue weighted by molar-refractivity contribution is 6.08. The third-order valence-electron chi connectivity index (χ3n) is 5.79. The zero-order valence-corrected chi connectivity index (χ0v) is 17.9. The first-order valence-corrected chi connectivity index (χ1v) is 10.2. The average Bonchev–Trinajstić information content (AvgIpc) is 2.65. The summed E-state index contributed by atoms with van der Waals surface area (Å²) >= 11 is 0. The summed E-state index contributed by atoms with van der Waals surface area (Å²) in [7, 11) is 0. The molecule has 0 nitrogen and oxygen atoms in total. The maximum atomic E-state index is 2.34. The van der Waals surface area contributed by atoms with Crippen molar-refractivity contribution in [1.82, 2.24) is 0 Å². The summed E-state index contributed by atoms with van der Waals surface area (Å²) in [6.07, 6.45) is 0. The van der Waals surface area contributed by atoms with E-state index in [1.807, 2.05) is 0 Å². The SMILES string of the molecule is CC(C)(C)c1ccc(-c2ccc3c(ccc4cc(C(C)(C)C)ccc43)c2)cc1. The first kappa shape index (κ1) is 18.7. The van der Waals surface area contributed by atoms with Crippen LogP contribution in [-0.4, -0.2) is 0 Å². The first-order valence-electron chi connectivity index (χ1n) is 10.2. The summed E-state index contributed by atoms with van der Waals surface area (Å²) in [4.78, 5) is 0. The van der Waals surface area contributed by atoms with Crippen LogP contribution in [0.5, 0.6) is 0 Å². The number of benzene rings is 4. The lowest BCUT2D eigenvalue weighted by molar-refractivity contribution is 0.590. The van der Waals surface area contributed by atoms with Gasteiger partial charge in [-0.05, 0) is 60.7 Å². The molecule has 0 heterocycles. The molecule has 4 aromatic rings. The van der Waals surface area contributed by atoms with Crippen LogP contribution in [0, 0.1) is 0 Å². The van der Waals surface area contributed by atoms with Gasteiger partial charge in [-0.15, -0.1) is 0 Å². The molecule has 0 N–H and O–H groups in total. The molecule has 0 atom stereocenters. The van der Waals surface area contributed by atoms with Crippen molar-refractivity contribution in [3.63, 3.8) is 0 Å². The first-order chi connectivity index (χ1) is 13.1. The minimum atomic E-state index is 0.173. The van der Waals surface area contributed by atoms with Crippen LogP contribution in [0.4, 0.5) is 0 Å². The summed E-state index contributed by atoms with van der Waals surface area (Å²) in [6.45, 7) is 13.6. The third-order valence-corrected chi connectivity index (χ3v) is 5.79. The molecule has 0 saturated heterocycles. The normalized spacial score (nSPS) is 12.6. The summed E-state index contributed by atoms with van der Waals surface area (Å²) in [5.41, 5.74) is 5.67. The Hall–Kier alpha value is -2.60. The van der Waals surface area contributed by atoms with E-state index in [1.54, 1.807) is 0 Å². The average molecular weight is 367 g/mol. The third kappa shape index (κ3) is 3.44. The van der Waals surface area contributed by atoms with Crippen molar-refractivity contribution in [2.24, 2.45) is 0 Å². The second-order valence-electron chi connectivity index (χ2n) is 10.0. The minimum absolute atomic E-state index is 0.173. The van der Waals surface area contributed by atoms with Crippen molar-refractivity contribution in [2.75, 3.05) is 0 Å². The summed E-state index contributed by atoms with van der Waals surface area (Å²) in [5.74, 6) is 0. The highest BCUT2D eigenvalue weighted by atomic mass is 14.2. The second kappa shape index (κ2) is 6.48. The monoisotopic (exact) mass is 366 g/mol. The van der Waals surface area contributed by atoms with Crippen molar-refractivity contribution in [3.05, 3.63) is 83.9 Å². The lowest BCUT2D eigenvalue weighted by Gasteiger charge is -2.20. The van der Waals surface area contributed by atoms with Gasteiger partial charge in [0.25, 0.3) is 0 Å². The Kier molecular flexibility index (Phi) is 4.34. The van der Waals surface area contributed by atoms with Gasteiger partial charge >= 0.3 is 0 Å². The van der Waals surface area contributed by atoms with Crippen LogP contribution in [0.3, 0.4) is 0 Å². The lowest BCUT2D eigenvalue weighted by Crippen LogP contribution is -2.10. The van der Waals surface area contributed by atoms with Gasteiger partial charge in [0.1, 0.15) is 0 Å². The van der Waals surface area contributed by atoms with Crippen LogP contribution in [-0.2, 0) is 10.8 Å². The van der Waals surface area contributed by atoms with E-state index in [-0.39, 0.29) is 10.8 Å². The molecule has 0 radical (unpaired) electrons. The fraction of sp³-hybridized carbons (Fsp3) is 0.286. The van der Waals surface area contributed by atoms with Crippen LogP contribution < -0.4 is 0 Å². The van der Waals surface area contributed by atoms with E-state index in [1.165, 1.54) is 43.8 Å². The van der Waals surface area contributed by atoms with E-state index < -0.39 is 0 Å². The Morgan fingerprint density at radius 2 is 0.893 bits per heavy atom. The molecule has 0 aliphatic rings. The standard InChI is InChI=1S/C28H30/c1-27(2,3)23-12-9-19(10-13-23)20-11-15-25-21(17-20)7-8-22-18-24(28(4,5)6)14-16-26(22)25/h7-18H,1-6H3. The van der Waals surface area contributed by atoms with Gasteiger partial charge in [-0.1, -0.05) is 108 Å². The van der Waals surface area contributed by atoms with Gasteiger partial charge in [0.15, 0.2) is 0 Å². The molecule has 4 rings (SSSR count). The molecule has 0 spiro atoms. The van der Waals surface area contributed by atoms with Crippen molar-refractivity contribution < 1.29 is 0 Å². The van der Waals surface area contributed by atoms with Gasteiger partial charge in [0.2, 0.25) is 0 Å². The van der Waals surface area contributed by atoms with Gasteiger partial charge in [-0.25, -0.2) is 0 Å². The van der Waals surface area contributed by atoms with Crippen LogP contribution in [0.2, 0.25) is 0 Å². The Bertz CT molecular complexity index is 1150. The largest absolute Gasteiger partial charge is 0.0579 e. The quantitative estimate of drug-likeness (QED) is 0.297. The molecule has 4 aromatic carbocycles. The van der Waals surface area contributed by atoms with Gasteiger partial charge in [-0.2, -0.15) is 0 Å². The predicted octanol–water partition coefficient (Wildman–Crippen LogP) is 8.26. The molecule has 142 valence electrons. The fourth-order valence-electron chi connectivity index (χ4n) is 3.88. The maximum Gasteiger partial charge on any atom is -0.0105 e. The molecule has 0 aromatic heterocycles. The predicted molar refractivity (Wildman–Crippen MR) is 124 cm³/mol. The van der Waals surface area contributed by atoms with E-state index in [9.17, 15) is 0 Å². The van der Waals surface area contributed by atoms with E-state index in [0.29, 0.717) is 0 Å². The Morgan fingerprint density at radius 3 is 1.46 bits per heavy atom. The van der Waals surface area contributed by atoms with Gasteiger partial charge in [0.05, 0.1) is 0 Å². The molecular weight excluding hydrogens is 336 g/mol. The Labute approximate surface area is 169 Å². The zero-order valence-electron chi connectivity index (χ0n) is 17.9. The van der Waals surface area contributed by atoms with Gasteiger partial charge < -0.3 is 0 Å². The van der Waals surface area contributed by atoms with Crippen molar-refractivity contribution in [3.8, 4) is 11.1 Å². The maximum absolute atomic E-state index is 2.34. The number of hydrogen-bond acceptors (Lipinski definition) is 0. The topological polar surface area (TPSA) is 0 Å². The van der Waals surface area contributed by atoms with Crippen LogP contribution >= 0.6 is 0 Å². The Balaban J connectivity index is 1.78. The lowest BCUT2D eigenvalue weighted by atomic mass is 9.85. The molecule has 0 amide bonds. The van der Waals surface area contributed by atoms with E-state index in [4.69, 9.17) is 0 Å². The molecule has 0 fully saturated rings. The number of hydrogen-bond donors (Lipinski definition) is 0. The van der Waals surface area contributed by atoms with Crippen molar-refractivity contribution in [1.29, 1.82) is 0 Å². The highest BCUT2D eigenvalue weighted by Gasteiger charge is 2.15. The van der Waals surface area contributed by atoms with Gasteiger partial charge in [-0.3, -0.25) is 0 Å². The van der Waals surface area contributed by atoms with E-state index >= 15 is 0 Å². The fourth-order valence-corrected chi connectivity index (χ4v) is 3.88. The minimum Gasteiger partial charge on any atom is -0.0579 e.